The molecule has 1 aromatic carbocycles. The van der Waals surface area contributed by atoms with Crippen LogP contribution < -0.4 is 5.32 Å². The van der Waals surface area contributed by atoms with E-state index in [4.69, 9.17) is 21.1 Å². The zero-order valence-corrected chi connectivity index (χ0v) is 16.8. The fourth-order valence-corrected chi connectivity index (χ4v) is 4.24. The van der Waals surface area contributed by atoms with Gasteiger partial charge in [-0.25, -0.2) is 13.2 Å². The van der Waals surface area contributed by atoms with Gasteiger partial charge < -0.3 is 14.8 Å². The second kappa shape index (κ2) is 10.4. The summed E-state index contributed by atoms with van der Waals surface area (Å²) in [5, 5.41) is 2.53. The van der Waals surface area contributed by atoms with Crippen molar-refractivity contribution < 1.29 is 27.5 Å². The van der Waals surface area contributed by atoms with Crippen LogP contribution in [0.1, 0.15) is 6.92 Å². The molecule has 2 rings (SSSR count). The van der Waals surface area contributed by atoms with Crippen molar-refractivity contribution in [3.63, 3.8) is 0 Å². The summed E-state index contributed by atoms with van der Waals surface area (Å²) in [6, 6.07) is 4.13. The monoisotopic (exact) mass is 428 g/mol. The molecular formula is C18H21ClN2O6S. The van der Waals surface area contributed by atoms with E-state index in [0.29, 0.717) is 13.2 Å². The number of hydrogen-bond donors (Lipinski definition) is 1. The number of esters is 1. The first-order valence-electron chi connectivity index (χ1n) is 8.48. The first kappa shape index (κ1) is 22.1. The van der Waals surface area contributed by atoms with Gasteiger partial charge in [-0.05, 0) is 25.1 Å². The summed E-state index contributed by atoms with van der Waals surface area (Å²) in [6.07, 6.45) is 6.05. The highest BCUT2D eigenvalue weighted by atomic mass is 35.5. The summed E-state index contributed by atoms with van der Waals surface area (Å²) >= 11 is 6.07. The second-order valence-corrected chi connectivity index (χ2v) is 8.02. The molecule has 28 heavy (non-hydrogen) atoms. The molecular weight excluding hydrogens is 408 g/mol. The highest BCUT2D eigenvalue weighted by Crippen LogP contribution is 2.28. The van der Waals surface area contributed by atoms with Gasteiger partial charge in [0, 0.05) is 24.9 Å². The summed E-state index contributed by atoms with van der Waals surface area (Å²) in [4.78, 5) is 23.3. The number of carbonyl (C=O) groups excluding carboxylic acids is 2. The fraction of sp³-hybridized carbons (Fsp3) is 0.333. The normalized spacial score (nSPS) is 15.8. The van der Waals surface area contributed by atoms with Crippen molar-refractivity contribution in [2.75, 3.05) is 38.2 Å². The van der Waals surface area contributed by atoms with Crippen LogP contribution in [0.3, 0.4) is 0 Å². The largest absolute Gasteiger partial charge is 0.452 e. The predicted molar refractivity (Wildman–Crippen MR) is 105 cm³/mol. The second-order valence-electron chi connectivity index (χ2n) is 5.70. The van der Waals surface area contributed by atoms with E-state index in [9.17, 15) is 18.0 Å². The molecule has 1 fully saturated rings. The van der Waals surface area contributed by atoms with Crippen LogP contribution in [0, 0.1) is 0 Å². The molecule has 0 unspecified atom stereocenters. The number of allylic oxidation sites excluding steroid dienone is 3. The van der Waals surface area contributed by atoms with Gasteiger partial charge in [-0.15, -0.1) is 0 Å². The summed E-state index contributed by atoms with van der Waals surface area (Å²) in [5.74, 6) is -1.27. The Balaban J connectivity index is 2.04. The van der Waals surface area contributed by atoms with Gasteiger partial charge in [-0.2, -0.15) is 4.31 Å². The van der Waals surface area contributed by atoms with Crippen LogP contribution in [0.5, 0.6) is 0 Å². The van der Waals surface area contributed by atoms with Crippen molar-refractivity contribution in [3.05, 3.63) is 47.5 Å². The molecule has 1 N–H and O–H groups in total. The quantitative estimate of drug-likeness (QED) is 0.404. The molecule has 10 heteroatoms. The molecule has 0 radical (unpaired) electrons. The Morgan fingerprint density at radius 3 is 2.68 bits per heavy atom. The molecule has 152 valence electrons. The van der Waals surface area contributed by atoms with Crippen molar-refractivity contribution >= 4 is 39.2 Å². The van der Waals surface area contributed by atoms with Gasteiger partial charge in [-0.1, -0.05) is 29.8 Å². The van der Waals surface area contributed by atoms with E-state index >= 15 is 0 Å². The average Bonchev–Trinajstić information content (AvgIpc) is 2.68. The number of anilines is 1. The van der Waals surface area contributed by atoms with Crippen LogP contribution >= 0.6 is 11.6 Å². The van der Waals surface area contributed by atoms with Crippen LogP contribution in [-0.2, 0) is 29.1 Å². The molecule has 0 aliphatic carbocycles. The molecule has 8 nitrogen and oxygen atoms in total. The van der Waals surface area contributed by atoms with Crippen LogP contribution in [0.25, 0.3) is 0 Å². The first-order chi connectivity index (χ1) is 13.3. The third kappa shape index (κ3) is 6.16. The predicted octanol–water partition coefficient (Wildman–Crippen LogP) is 1.97. The minimum atomic E-state index is -3.82. The van der Waals surface area contributed by atoms with E-state index in [0.717, 1.165) is 0 Å². The summed E-state index contributed by atoms with van der Waals surface area (Å²) in [6.45, 7) is 2.36. The van der Waals surface area contributed by atoms with Crippen LogP contribution in [0.15, 0.2) is 47.4 Å². The molecule has 1 heterocycles. The molecule has 0 bridgehead atoms. The Morgan fingerprint density at radius 1 is 1.29 bits per heavy atom. The van der Waals surface area contributed by atoms with Gasteiger partial charge >= 0.3 is 5.97 Å². The van der Waals surface area contributed by atoms with Gasteiger partial charge in [-0.3, -0.25) is 4.79 Å². The maximum Gasteiger partial charge on any atom is 0.331 e. The van der Waals surface area contributed by atoms with Crippen LogP contribution in [0.4, 0.5) is 5.69 Å². The Labute approximate surface area is 168 Å². The molecule has 0 spiro atoms. The van der Waals surface area contributed by atoms with Crippen molar-refractivity contribution in [2.24, 2.45) is 0 Å². The number of nitrogens with zero attached hydrogens (tertiary/aromatic N) is 1. The highest BCUT2D eigenvalue weighted by molar-refractivity contribution is 7.89. The Kier molecular flexibility index (Phi) is 8.18. The number of morpholine rings is 1. The number of ether oxygens (including phenoxy) is 2. The average molecular weight is 429 g/mol. The number of halogens is 1. The zero-order valence-electron chi connectivity index (χ0n) is 15.3. The fourth-order valence-electron chi connectivity index (χ4n) is 2.33. The molecule has 0 atom stereocenters. The van der Waals surface area contributed by atoms with Crippen molar-refractivity contribution in [3.8, 4) is 0 Å². The van der Waals surface area contributed by atoms with Gasteiger partial charge in [0.1, 0.15) is 4.90 Å². The van der Waals surface area contributed by atoms with E-state index in [-0.39, 0.29) is 28.7 Å². The summed E-state index contributed by atoms with van der Waals surface area (Å²) in [5.41, 5.74) is 0.224. The number of rotatable bonds is 7. The highest BCUT2D eigenvalue weighted by Gasteiger charge is 2.28. The topological polar surface area (TPSA) is 102 Å². The number of amides is 1. The van der Waals surface area contributed by atoms with E-state index < -0.39 is 28.5 Å². The lowest BCUT2D eigenvalue weighted by atomic mass is 10.3. The number of nitrogens with one attached hydrogen (secondary N) is 1. The molecule has 1 saturated heterocycles. The van der Waals surface area contributed by atoms with Gasteiger partial charge in [0.05, 0.1) is 18.2 Å². The van der Waals surface area contributed by atoms with Crippen molar-refractivity contribution in [2.45, 2.75) is 11.8 Å². The molecule has 1 aromatic rings. The van der Waals surface area contributed by atoms with Crippen molar-refractivity contribution in [1.82, 2.24) is 4.31 Å². The number of benzene rings is 1. The van der Waals surface area contributed by atoms with Gasteiger partial charge in [0.2, 0.25) is 10.0 Å². The van der Waals surface area contributed by atoms with E-state index in [2.05, 4.69) is 5.32 Å². The standard InChI is InChI=1S/C18H21ClN2O6S/c1-2-3-4-5-18(23)27-13-17(22)20-14-6-7-15(19)16(12-14)28(24,25)21-8-10-26-11-9-21/h2-7,12H,8-11,13H2,1H3,(H,20,22)/b3-2+,5-4+. The zero-order chi connectivity index (χ0) is 20.6. The van der Waals surface area contributed by atoms with Gasteiger partial charge in [0.15, 0.2) is 6.61 Å². The first-order valence-corrected chi connectivity index (χ1v) is 10.3. The smallest absolute Gasteiger partial charge is 0.331 e. The minimum Gasteiger partial charge on any atom is -0.452 e. The van der Waals surface area contributed by atoms with E-state index in [1.807, 2.05) is 0 Å². The SMILES string of the molecule is C/C=C/C=C/C(=O)OCC(=O)Nc1ccc(Cl)c(S(=O)(=O)N2CCOCC2)c1. The Hall–Kier alpha value is -2.20. The molecule has 0 saturated carbocycles. The van der Waals surface area contributed by atoms with Crippen LogP contribution in [-0.4, -0.2) is 57.5 Å². The summed E-state index contributed by atoms with van der Waals surface area (Å²) in [7, 11) is -3.82. The molecule has 1 amide bonds. The van der Waals surface area contributed by atoms with E-state index in [1.165, 1.54) is 34.7 Å². The third-order valence-electron chi connectivity index (χ3n) is 3.68. The molecule has 1 aliphatic rings. The number of hydrogen-bond acceptors (Lipinski definition) is 6. The number of carbonyl (C=O) groups is 2. The Morgan fingerprint density at radius 2 is 2.00 bits per heavy atom. The molecule has 1 aliphatic heterocycles. The third-order valence-corrected chi connectivity index (χ3v) is 6.06. The Bertz CT molecular complexity index is 876. The lowest BCUT2D eigenvalue weighted by molar-refractivity contribution is -0.142. The lowest BCUT2D eigenvalue weighted by Crippen LogP contribution is -2.40. The maximum absolute atomic E-state index is 12.8. The van der Waals surface area contributed by atoms with Crippen molar-refractivity contribution in [1.29, 1.82) is 0 Å². The van der Waals surface area contributed by atoms with E-state index in [1.54, 1.807) is 19.1 Å². The van der Waals surface area contributed by atoms with Crippen LogP contribution in [0.2, 0.25) is 5.02 Å². The molecule has 0 aromatic heterocycles. The summed E-state index contributed by atoms with van der Waals surface area (Å²) < 4.78 is 36.8. The lowest BCUT2D eigenvalue weighted by Gasteiger charge is -2.26. The minimum absolute atomic E-state index is 0.0463. The van der Waals surface area contributed by atoms with Gasteiger partial charge in [0.25, 0.3) is 5.91 Å². The number of sulfonamides is 1. The maximum atomic E-state index is 12.8.